The van der Waals surface area contributed by atoms with Crippen molar-refractivity contribution in [2.24, 2.45) is 0 Å². The number of aromatic amines is 2. The lowest BCUT2D eigenvalue weighted by atomic mass is 10.4. The lowest BCUT2D eigenvalue weighted by Gasteiger charge is -1.93. The Morgan fingerprint density at radius 3 is 2.83 bits per heavy atom. The largest absolute Gasteiger partial charge is 0.335 e. The maximum Gasteiger partial charge on any atom is 0.214 e. The van der Waals surface area contributed by atoms with Crippen LogP contribution in [0.3, 0.4) is 0 Å². The minimum Gasteiger partial charge on any atom is -0.335 e. The maximum absolute atomic E-state index is 5.56. The Bertz CT molecular complexity index is 423. The Balaban J connectivity index is 2.62. The zero-order chi connectivity index (χ0) is 8.55. The Labute approximate surface area is 72.4 Å². The number of hydrogen-bond donors (Lipinski definition) is 3. The molecule has 0 saturated carbocycles. The summed E-state index contributed by atoms with van der Waals surface area (Å²) in [6.45, 7) is 0. The molecule has 12 heavy (non-hydrogen) atoms. The molecule has 0 aromatic carbocycles. The van der Waals surface area contributed by atoms with Crippen molar-refractivity contribution in [3.05, 3.63) is 17.0 Å². The van der Waals surface area contributed by atoms with Gasteiger partial charge in [-0.05, 0) is 18.3 Å². The van der Waals surface area contributed by atoms with Crippen molar-refractivity contribution in [2.45, 2.75) is 0 Å². The second kappa shape index (κ2) is 2.45. The molecule has 2 aromatic rings. The number of nitrogens with one attached hydrogen (secondary N) is 2. The highest BCUT2D eigenvalue weighted by Crippen LogP contribution is 2.09. The number of hydrogen-bond acceptors (Lipinski definition) is 4. The van der Waals surface area contributed by atoms with Gasteiger partial charge >= 0.3 is 0 Å². The molecule has 4 N–H and O–H groups in total. The third kappa shape index (κ3) is 0.909. The molecular formula is C5H6N6S. The Hall–Kier alpha value is -1.63. The molecule has 0 amide bonds. The fourth-order valence-electron chi connectivity index (χ4n) is 0.875. The van der Waals surface area contributed by atoms with Gasteiger partial charge in [0, 0.05) is 6.20 Å². The molecule has 7 heteroatoms. The second-order valence-corrected chi connectivity index (χ2v) is 2.58. The van der Waals surface area contributed by atoms with Crippen molar-refractivity contribution >= 4 is 12.2 Å². The van der Waals surface area contributed by atoms with Gasteiger partial charge in [0.2, 0.25) is 4.77 Å². The molecule has 0 fully saturated rings. The van der Waals surface area contributed by atoms with Crippen molar-refractivity contribution in [3.63, 3.8) is 0 Å². The second-order valence-electron chi connectivity index (χ2n) is 2.19. The molecule has 62 valence electrons. The van der Waals surface area contributed by atoms with Crippen LogP contribution < -0.4 is 5.84 Å². The molecule has 0 atom stereocenters. The molecule has 0 aliphatic carbocycles. The number of nitrogens with two attached hydrogens (primary N) is 1. The van der Waals surface area contributed by atoms with E-state index in [0.717, 1.165) is 5.69 Å². The zero-order valence-corrected chi connectivity index (χ0v) is 6.80. The number of nitrogens with zero attached hydrogens (tertiary/aromatic N) is 3. The molecule has 0 aliphatic heterocycles. The fourth-order valence-corrected chi connectivity index (χ4v) is 1.01. The smallest absolute Gasteiger partial charge is 0.214 e. The predicted molar refractivity (Wildman–Crippen MR) is 45.1 cm³/mol. The first-order chi connectivity index (χ1) is 5.79. The van der Waals surface area contributed by atoms with Crippen molar-refractivity contribution in [2.75, 3.05) is 5.84 Å². The summed E-state index contributed by atoms with van der Waals surface area (Å²) in [7, 11) is 0. The maximum atomic E-state index is 5.56. The minimum absolute atomic E-state index is 0.375. The SMILES string of the molecule is Nn1c(-c2ccn[nH]2)n[nH]c1=S. The molecular weight excluding hydrogens is 176 g/mol. The van der Waals surface area contributed by atoms with Gasteiger partial charge in [0.25, 0.3) is 0 Å². The van der Waals surface area contributed by atoms with Crippen LogP contribution in [0.15, 0.2) is 12.3 Å². The van der Waals surface area contributed by atoms with E-state index in [9.17, 15) is 0 Å². The van der Waals surface area contributed by atoms with E-state index >= 15 is 0 Å². The normalized spacial score (nSPS) is 10.3. The monoisotopic (exact) mass is 182 g/mol. The van der Waals surface area contributed by atoms with Crippen LogP contribution in [0.4, 0.5) is 0 Å². The Morgan fingerprint density at radius 1 is 1.50 bits per heavy atom. The molecule has 2 rings (SSSR count). The Morgan fingerprint density at radius 2 is 2.33 bits per heavy atom. The van der Waals surface area contributed by atoms with Crippen LogP contribution in [-0.2, 0) is 0 Å². The van der Waals surface area contributed by atoms with E-state index in [0.29, 0.717) is 10.6 Å². The van der Waals surface area contributed by atoms with Crippen LogP contribution in [-0.4, -0.2) is 25.1 Å². The highest BCUT2D eigenvalue weighted by molar-refractivity contribution is 7.71. The Kier molecular flexibility index (Phi) is 1.44. The van der Waals surface area contributed by atoms with Gasteiger partial charge in [-0.1, -0.05) is 0 Å². The van der Waals surface area contributed by atoms with Gasteiger partial charge in [-0.25, -0.2) is 9.77 Å². The summed E-state index contributed by atoms with van der Waals surface area (Å²) in [6.07, 6.45) is 1.62. The lowest BCUT2D eigenvalue weighted by molar-refractivity contribution is 0.970. The van der Waals surface area contributed by atoms with Crippen LogP contribution >= 0.6 is 12.2 Å². The summed E-state index contributed by atoms with van der Waals surface area (Å²) in [4.78, 5) is 0. The van der Waals surface area contributed by atoms with E-state index in [-0.39, 0.29) is 0 Å². The van der Waals surface area contributed by atoms with E-state index in [1.54, 1.807) is 12.3 Å². The van der Waals surface area contributed by atoms with Crippen LogP contribution in [0.25, 0.3) is 11.5 Å². The molecule has 6 nitrogen and oxygen atoms in total. The molecule has 0 unspecified atom stereocenters. The van der Waals surface area contributed by atoms with Gasteiger partial charge in [-0.2, -0.15) is 10.2 Å². The predicted octanol–water partition coefficient (Wildman–Crippen LogP) is 0.0446. The standard InChI is InChI=1S/C5H6N6S/c6-11-4(9-10-5(11)12)3-1-2-7-8-3/h1-2H,6H2,(H,7,8)(H,10,12). The zero-order valence-electron chi connectivity index (χ0n) is 5.98. The molecule has 0 aliphatic rings. The van der Waals surface area contributed by atoms with Crippen molar-refractivity contribution < 1.29 is 0 Å². The fraction of sp³-hybridized carbons (Fsp3) is 0. The van der Waals surface area contributed by atoms with Crippen LogP contribution in [0, 0.1) is 4.77 Å². The van der Waals surface area contributed by atoms with Crippen molar-refractivity contribution in [1.82, 2.24) is 25.1 Å². The summed E-state index contributed by atoms with van der Waals surface area (Å²) >= 11 is 4.83. The summed E-state index contributed by atoms with van der Waals surface area (Å²) in [5.41, 5.74) is 0.727. The van der Waals surface area contributed by atoms with Crippen LogP contribution in [0.1, 0.15) is 0 Å². The first-order valence-electron chi connectivity index (χ1n) is 3.21. The molecule has 0 bridgehead atoms. The summed E-state index contributed by atoms with van der Waals surface area (Å²) in [5.74, 6) is 6.10. The van der Waals surface area contributed by atoms with Gasteiger partial charge in [0.15, 0.2) is 5.82 Å². The van der Waals surface area contributed by atoms with E-state index in [4.69, 9.17) is 18.1 Å². The third-order valence-electron chi connectivity index (χ3n) is 1.45. The molecule has 0 saturated heterocycles. The number of H-pyrrole nitrogens is 2. The van der Waals surface area contributed by atoms with E-state index in [2.05, 4.69) is 20.4 Å². The third-order valence-corrected chi connectivity index (χ3v) is 1.73. The molecule has 0 radical (unpaired) electrons. The van der Waals surface area contributed by atoms with Crippen molar-refractivity contribution in [3.8, 4) is 11.5 Å². The quantitative estimate of drug-likeness (QED) is 0.429. The summed E-state index contributed by atoms with van der Waals surface area (Å²) in [6, 6.07) is 1.76. The molecule has 2 aromatic heterocycles. The molecule has 2 heterocycles. The lowest BCUT2D eigenvalue weighted by Crippen LogP contribution is -2.09. The van der Waals surface area contributed by atoms with Crippen LogP contribution in [0.5, 0.6) is 0 Å². The summed E-state index contributed by atoms with van der Waals surface area (Å²) < 4.78 is 1.66. The average Bonchev–Trinajstić information content (AvgIpc) is 2.64. The number of aromatic nitrogens is 5. The highest BCUT2D eigenvalue weighted by Gasteiger charge is 2.05. The van der Waals surface area contributed by atoms with E-state index in [1.165, 1.54) is 4.68 Å². The first-order valence-corrected chi connectivity index (χ1v) is 3.62. The van der Waals surface area contributed by atoms with Gasteiger partial charge < -0.3 is 5.84 Å². The number of nitrogen functional groups attached to an aromatic ring is 1. The highest BCUT2D eigenvalue weighted by atomic mass is 32.1. The van der Waals surface area contributed by atoms with Crippen LogP contribution in [0.2, 0.25) is 0 Å². The van der Waals surface area contributed by atoms with E-state index < -0.39 is 0 Å². The van der Waals surface area contributed by atoms with Gasteiger partial charge in [0.1, 0.15) is 5.69 Å². The first kappa shape index (κ1) is 7.04. The topological polar surface area (TPSA) is 88.3 Å². The van der Waals surface area contributed by atoms with E-state index in [1.807, 2.05) is 0 Å². The summed E-state index contributed by atoms with van der Waals surface area (Å²) in [5, 5.41) is 13.0. The minimum atomic E-state index is 0.375. The van der Waals surface area contributed by atoms with Gasteiger partial charge in [-0.3, -0.25) is 5.10 Å². The van der Waals surface area contributed by atoms with Crippen molar-refractivity contribution in [1.29, 1.82) is 0 Å². The van der Waals surface area contributed by atoms with Gasteiger partial charge in [-0.15, -0.1) is 0 Å². The average molecular weight is 182 g/mol. The molecule has 0 spiro atoms. The number of rotatable bonds is 1. The van der Waals surface area contributed by atoms with Gasteiger partial charge in [0.05, 0.1) is 0 Å².